The molecule has 0 spiro atoms. The molecule has 662 valence electrons. The van der Waals surface area contributed by atoms with Gasteiger partial charge in [0, 0.05) is 103 Å². The van der Waals surface area contributed by atoms with Gasteiger partial charge in [-0.3, -0.25) is 14.4 Å². The van der Waals surface area contributed by atoms with Gasteiger partial charge < -0.3 is 83.0 Å². The molecule has 4 heterocycles. The van der Waals surface area contributed by atoms with Crippen LogP contribution in [0.3, 0.4) is 0 Å². The Kier molecular flexibility index (Phi) is 37.9. The quantitative estimate of drug-likeness (QED) is 0.0274. The van der Waals surface area contributed by atoms with Crippen LogP contribution in [0.5, 0.6) is 0 Å². The maximum Gasteiger partial charge on any atom is 1.00 e. The van der Waals surface area contributed by atoms with Crippen LogP contribution in [0, 0.1) is 22.7 Å². The van der Waals surface area contributed by atoms with Crippen LogP contribution >= 0.6 is 0 Å². The van der Waals surface area contributed by atoms with E-state index in [1.165, 1.54) is 116 Å². The second-order valence-corrected chi connectivity index (χ2v) is 28.1. The second kappa shape index (κ2) is 47.3. The monoisotopic (exact) mass is 1760 g/mol. The number of hydrogen-bond acceptors (Lipinski definition) is 15. The van der Waals surface area contributed by atoms with Gasteiger partial charge in [0.05, 0.1) is 69.3 Å². The molecule has 0 atom stereocenters. The summed E-state index contributed by atoms with van der Waals surface area (Å²) in [4.78, 5) is 123. The summed E-state index contributed by atoms with van der Waals surface area (Å²) >= 11 is 0. The van der Waals surface area contributed by atoms with Crippen LogP contribution in [0.2, 0.25) is 0 Å². The third kappa shape index (κ3) is 32.2. The second-order valence-electron chi connectivity index (χ2n) is 28.1. The molecule has 8 aromatic rings. The number of esters is 1. The van der Waals surface area contributed by atoms with Gasteiger partial charge in [0.25, 0.3) is 17.7 Å². The zero-order valence-corrected chi connectivity index (χ0v) is 67.2. The Labute approximate surface area is 724 Å². The zero-order valence-electron chi connectivity index (χ0n) is 67.2. The number of nitrogens with zero attached hydrogens (tertiary/aromatic N) is 5. The predicted molar refractivity (Wildman–Crippen MR) is 429 cm³/mol. The first-order valence-corrected chi connectivity index (χ1v) is 38.1. The molecule has 4 fully saturated rings. The van der Waals surface area contributed by atoms with Crippen molar-refractivity contribution in [2.24, 2.45) is 0 Å². The summed E-state index contributed by atoms with van der Waals surface area (Å²) in [6.07, 6.45) is -12.8. The Hall–Kier alpha value is -13.7. The van der Waals surface area contributed by atoms with E-state index in [0.717, 1.165) is 74.5 Å². The summed E-state index contributed by atoms with van der Waals surface area (Å²) in [5, 5.41) is 58.9. The van der Waals surface area contributed by atoms with E-state index < -0.39 is 89.0 Å². The number of halogens is 12. The van der Waals surface area contributed by atoms with Crippen LogP contribution in [0.4, 0.5) is 94.6 Å². The van der Waals surface area contributed by atoms with E-state index in [9.17, 15) is 101 Å². The van der Waals surface area contributed by atoms with E-state index in [0.29, 0.717) is 117 Å². The van der Waals surface area contributed by atoms with Crippen molar-refractivity contribution < 1.29 is 140 Å². The number of hydrogen-bond donors (Lipinski definition) is 11. The first kappa shape index (κ1) is 101. The molecule has 12 N–H and O–H groups in total. The molecular weight excluding hydrogens is 1680 g/mol. The first-order chi connectivity index (χ1) is 58.7. The van der Waals surface area contributed by atoms with Gasteiger partial charge in [-0.1, -0.05) is 0 Å². The molecule has 8 aromatic carbocycles. The number of nitriles is 2. The third-order valence-electron chi connectivity index (χ3n) is 19.4. The number of anilines is 4. The van der Waals surface area contributed by atoms with Crippen LogP contribution < -0.4 is 66.7 Å². The number of carbonyl (C=O) groups is 10. The molecule has 4 saturated heterocycles. The number of benzene rings is 8. The minimum Gasteiger partial charge on any atom is -0.870 e. The number of carboxylic acids is 2. The van der Waals surface area contributed by atoms with Gasteiger partial charge in [0.1, 0.15) is 0 Å². The summed E-state index contributed by atoms with van der Waals surface area (Å²) in [6.45, 7) is 4.31. The summed E-state index contributed by atoms with van der Waals surface area (Å²) in [6, 6.07) is 42.5. The van der Waals surface area contributed by atoms with E-state index in [2.05, 4.69) is 52.6 Å². The van der Waals surface area contributed by atoms with E-state index >= 15 is 0 Å². The van der Waals surface area contributed by atoms with Crippen LogP contribution in [0.15, 0.2) is 194 Å². The molecule has 0 unspecified atom stereocenters. The number of aromatic carboxylic acids is 2. The Morgan fingerprint density at radius 3 is 0.762 bits per heavy atom. The summed E-state index contributed by atoms with van der Waals surface area (Å²) in [5.41, 5.74) is 0.904. The summed E-state index contributed by atoms with van der Waals surface area (Å²) in [7, 11) is 1.28. The maximum absolute atomic E-state index is 12.6. The fourth-order valence-electron chi connectivity index (χ4n) is 12.6. The minimum absolute atomic E-state index is 0. The van der Waals surface area contributed by atoms with E-state index in [-0.39, 0.29) is 94.4 Å². The van der Waals surface area contributed by atoms with Crippen LogP contribution in [0.25, 0.3) is 0 Å². The topological polar surface area (TPSA) is 416 Å². The Balaban J connectivity index is 0.000000250. The van der Waals surface area contributed by atoms with Crippen LogP contribution in [-0.4, -0.2) is 174 Å². The fraction of sp³-hybridized carbons (Fsp3) is 0.294. The van der Waals surface area contributed by atoms with E-state index in [4.69, 9.17) is 20.7 Å². The Bertz CT molecular complexity index is 5060. The number of alkyl halides is 12. The van der Waals surface area contributed by atoms with Crippen LogP contribution in [0.1, 0.15) is 147 Å². The predicted octanol–water partition coefficient (Wildman–Crippen LogP) is 12.4. The molecule has 4 aliphatic heterocycles. The van der Waals surface area contributed by atoms with E-state index in [1.54, 1.807) is 51.1 Å². The van der Waals surface area contributed by atoms with Gasteiger partial charge in [-0.15, -0.1) is 0 Å². The molecule has 0 bridgehead atoms. The maximum atomic E-state index is 12.6. The molecule has 12 rings (SSSR count). The van der Waals surface area contributed by atoms with Crippen molar-refractivity contribution in [2.45, 2.75) is 100 Å². The van der Waals surface area contributed by atoms with Crippen molar-refractivity contribution in [3.63, 3.8) is 0 Å². The van der Waals surface area contributed by atoms with Gasteiger partial charge in [-0.25, -0.2) is 33.6 Å². The normalized spacial score (nSPS) is 14.2. The number of piperidine rings is 4. The third-order valence-corrected chi connectivity index (χ3v) is 19.4. The van der Waals surface area contributed by atoms with Gasteiger partial charge in [-0.05, 0) is 259 Å². The van der Waals surface area contributed by atoms with Crippen molar-refractivity contribution in [1.29, 1.82) is 10.5 Å². The Morgan fingerprint density at radius 2 is 0.548 bits per heavy atom. The van der Waals surface area contributed by atoms with Gasteiger partial charge in [0.2, 0.25) is 0 Å². The summed E-state index contributed by atoms with van der Waals surface area (Å²) < 4.78 is 155. The zero-order chi connectivity index (χ0) is 90.5. The number of likely N-dealkylation sites (tertiary alicyclic amines) is 3. The fourth-order valence-corrected chi connectivity index (χ4v) is 12.6. The average molecular weight is 1760 g/mol. The molecule has 4 aliphatic rings. The standard InChI is InChI=1S/C22H22F3N3O4.C21H19F3N4O2.C21H20F3N3O4.C13H16F3N3O.C8H5NO2.Li.H2O/c1-32-20(30)15-4-2-14(3-5-15)19(29)28-12-10-18(11-13-28)27-21(31)26-17-8-6-16(7-9-17)22(23,24)25;22-21(23,24)16-5-7-17(8-6-16)26-20(30)27-18-9-11-28(12-10-18)19(29)15-3-1-14(13-25)2-4-15;22-21(23,24)15-5-7-16(8-6-15)25-20(31)26-17-9-11-27(12-10-17)18(28)13-1-3-14(4-2-13)19(29)30;14-13(15,16)9-1-3-10(4-2-9)18-12(20)19-11-5-7-17-8-6-11;9-5-6-1-3-7(4-2-6)8(10)11;;/h2-9,18H,10-13H2,1H3,(H2,26,27,31);1-8,18H,9-12H2,(H2,26,27,30);1-8,17H,9-12H2,(H,29,30)(H2,25,26,31);1-4,11,17H,5-8H2,(H2,18,19,20);1-4H,(H,10,11);;1H2/q;;;;;+1;/p-1. The smallest absolute Gasteiger partial charge is 0.870 e. The number of nitrogens with one attached hydrogen (secondary N) is 9. The van der Waals surface area contributed by atoms with Crippen molar-refractivity contribution in [1.82, 2.24) is 41.3 Å². The molecule has 126 heavy (non-hydrogen) atoms. The van der Waals surface area contributed by atoms with Crippen molar-refractivity contribution in [3.8, 4) is 12.1 Å². The van der Waals surface area contributed by atoms with Gasteiger partial charge >= 0.3 is 85.6 Å². The largest absolute Gasteiger partial charge is 1.00 e. The number of carbonyl (C=O) groups excluding carboxylic acids is 8. The average Bonchev–Trinajstić information content (AvgIpc) is 0.835. The molecule has 28 nitrogen and oxygen atoms in total. The number of urea groups is 4. The van der Waals surface area contributed by atoms with Crippen LogP contribution in [-0.2, 0) is 29.4 Å². The van der Waals surface area contributed by atoms with Crippen molar-refractivity contribution >= 4 is 82.5 Å². The SMILES string of the molecule is COC(=O)c1ccc(C(=O)N2CCC(NC(=O)Nc3ccc(C(F)(F)F)cc3)CC2)cc1.N#Cc1ccc(C(=O)N2CCC(NC(=O)Nc3ccc(C(F)(F)F)cc3)CC2)cc1.N#Cc1ccc(C(=O)O)cc1.O=C(Nc1ccc(C(F)(F)F)cc1)NC1CCN(C(=O)c2ccc(C(=O)O)cc2)CC1.O=C(Nc1ccc(C(F)(F)F)cc1)NC1CCNCC1.[Li+].[OH-]. The van der Waals surface area contributed by atoms with Gasteiger partial charge in [-0.2, -0.15) is 63.2 Å². The molecule has 0 radical (unpaired) electrons. The number of rotatable bonds is 14. The first-order valence-electron chi connectivity index (χ1n) is 38.1. The number of amides is 11. The molecular formula is C85H83F12LiN14O14. The Morgan fingerprint density at radius 1 is 0.341 bits per heavy atom. The number of ether oxygens (including phenoxy) is 1. The number of carboxylic acid groups (broad SMARTS) is 2. The van der Waals surface area contributed by atoms with Gasteiger partial charge in [0.15, 0.2) is 0 Å². The van der Waals surface area contributed by atoms with E-state index in [1.807, 2.05) is 12.1 Å². The molecule has 0 saturated carbocycles. The van der Waals surface area contributed by atoms with Crippen molar-refractivity contribution in [3.05, 3.63) is 261 Å². The molecule has 11 amide bonds. The minimum atomic E-state index is -4.44. The van der Waals surface area contributed by atoms with Crippen molar-refractivity contribution in [2.75, 3.05) is 80.7 Å². The molecule has 0 aliphatic carbocycles. The number of methoxy groups -OCH3 is 1. The summed E-state index contributed by atoms with van der Waals surface area (Å²) in [5.74, 6) is -3.05. The molecule has 0 aromatic heterocycles. The molecule has 41 heteroatoms.